The summed E-state index contributed by atoms with van der Waals surface area (Å²) < 4.78 is 8.15. The first-order valence-corrected chi connectivity index (χ1v) is 5.96. The lowest BCUT2D eigenvalue weighted by atomic mass is 10.1. The third-order valence-electron chi connectivity index (χ3n) is 2.57. The summed E-state index contributed by atoms with van der Waals surface area (Å²) >= 11 is 2.27. The predicted molar refractivity (Wildman–Crippen MR) is 74.5 cm³/mol. The van der Waals surface area contributed by atoms with E-state index in [9.17, 15) is 0 Å². The number of nitrogens with two attached hydrogens (primary N) is 1. The Bertz CT molecular complexity index is 502. The molecule has 1 aromatic heterocycles. The highest BCUT2D eigenvalue weighted by atomic mass is 127. The molecular formula is C12H13IN2O. The Morgan fingerprint density at radius 3 is 2.31 bits per heavy atom. The Labute approximate surface area is 108 Å². The Hall–Kier alpha value is -1.17. The van der Waals surface area contributed by atoms with Crippen molar-refractivity contribution >= 4 is 28.4 Å². The molecule has 0 fully saturated rings. The molecule has 2 rings (SSSR count). The van der Waals surface area contributed by atoms with Gasteiger partial charge in [-0.15, -0.1) is 0 Å². The summed E-state index contributed by atoms with van der Waals surface area (Å²) in [7, 11) is 3.61. The van der Waals surface area contributed by atoms with Crippen LogP contribution < -0.4 is 10.5 Å². The van der Waals surface area contributed by atoms with Gasteiger partial charge in [-0.1, -0.05) is 12.1 Å². The molecular weight excluding hydrogens is 315 g/mol. The van der Waals surface area contributed by atoms with Crippen LogP contribution in [0.2, 0.25) is 0 Å². The van der Waals surface area contributed by atoms with Crippen LogP contribution in [-0.2, 0) is 7.05 Å². The van der Waals surface area contributed by atoms with Crippen LogP contribution in [0.25, 0.3) is 11.1 Å². The number of methoxy groups -OCH3 is 1. The molecule has 0 aliphatic heterocycles. The maximum atomic E-state index is 5.93. The van der Waals surface area contributed by atoms with Crippen molar-refractivity contribution in [3.63, 3.8) is 0 Å². The third kappa shape index (κ3) is 1.89. The number of anilines is 1. The zero-order valence-corrected chi connectivity index (χ0v) is 11.4. The maximum absolute atomic E-state index is 5.93. The highest BCUT2D eigenvalue weighted by molar-refractivity contribution is 14.1. The molecule has 1 heterocycles. The standard InChI is InChI=1S/C12H13IN2O/c1-15-7-10(11(13)12(15)14)8-3-5-9(16-2)6-4-8/h3-7H,14H2,1-2H3. The van der Waals surface area contributed by atoms with Gasteiger partial charge in [0, 0.05) is 18.8 Å². The molecule has 0 bridgehead atoms. The molecule has 0 aliphatic carbocycles. The van der Waals surface area contributed by atoms with Crippen molar-refractivity contribution in [2.75, 3.05) is 12.8 Å². The minimum absolute atomic E-state index is 0.798. The van der Waals surface area contributed by atoms with Gasteiger partial charge in [0.25, 0.3) is 0 Å². The first kappa shape index (κ1) is 11.3. The number of benzene rings is 1. The van der Waals surface area contributed by atoms with Gasteiger partial charge in [-0.3, -0.25) is 0 Å². The number of nitrogens with zero attached hydrogens (tertiary/aromatic N) is 1. The second-order valence-electron chi connectivity index (χ2n) is 3.58. The summed E-state index contributed by atoms with van der Waals surface area (Å²) in [5.74, 6) is 1.66. The fourth-order valence-corrected chi connectivity index (χ4v) is 2.42. The first-order chi connectivity index (χ1) is 7.63. The molecule has 16 heavy (non-hydrogen) atoms. The number of aromatic nitrogens is 1. The summed E-state index contributed by atoms with van der Waals surface area (Å²) in [5.41, 5.74) is 8.23. The lowest BCUT2D eigenvalue weighted by Crippen LogP contribution is -1.94. The quantitative estimate of drug-likeness (QED) is 0.861. The van der Waals surface area contributed by atoms with E-state index in [1.54, 1.807) is 7.11 Å². The van der Waals surface area contributed by atoms with Gasteiger partial charge in [0.15, 0.2) is 0 Å². The molecule has 0 radical (unpaired) electrons. The Morgan fingerprint density at radius 2 is 1.88 bits per heavy atom. The molecule has 0 unspecified atom stereocenters. The second-order valence-corrected chi connectivity index (χ2v) is 4.66. The lowest BCUT2D eigenvalue weighted by molar-refractivity contribution is 0.415. The SMILES string of the molecule is COc1ccc(-c2cn(C)c(N)c2I)cc1. The van der Waals surface area contributed by atoms with Crippen LogP contribution >= 0.6 is 22.6 Å². The molecule has 0 saturated carbocycles. The average Bonchev–Trinajstić information content (AvgIpc) is 2.57. The van der Waals surface area contributed by atoms with Crippen molar-refractivity contribution in [2.24, 2.45) is 7.05 Å². The molecule has 2 aromatic rings. The molecule has 0 aliphatic rings. The van der Waals surface area contributed by atoms with E-state index in [-0.39, 0.29) is 0 Å². The molecule has 1 aromatic carbocycles. The van der Waals surface area contributed by atoms with E-state index in [1.165, 1.54) is 0 Å². The summed E-state index contributed by atoms with van der Waals surface area (Å²) in [6, 6.07) is 7.98. The Kier molecular flexibility index (Phi) is 3.09. The van der Waals surface area contributed by atoms with Crippen molar-refractivity contribution in [1.82, 2.24) is 4.57 Å². The third-order valence-corrected chi connectivity index (χ3v) is 3.70. The molecule has 0 amide bonds. The molecule has 4 heteroatoms. The highest BCUT2D eigenvalue weighted by Crippen LogP contribution is 2.31. The van der Waals surface area contributed by atoms with Gasteiger partial charge in [0.2, 0.25) is 0 Å². The minimum Gasteiger partial charge on any atom is -0.497 e. The van der Waals surface area contributed by atoms with Crippen LogP contribution in [0.15, 0.2) is 30.5 Å². The van der Waals surface area contributed by atoms with E-state index in [4.69, 9.17) is 10.5 Å². The number of hydrogen-bond donors (Lipinski definition) is 1. The topological polar surface area (TPSA) is 40.2 Å². The van der Waals surface area contributed by atoms with E-state index in [0.717, 1.165) is 26.3 Å². The van der Waals surface area contributed by atoms with E-state index in [1.807, 2.05) is 42.1 Å². The van der Waals surface area contributed by atoms with Crippen molar-refractivity contribution < 1.29 is 4.74 Å². The molecule has 0 saturated heterocycles. The molecule has 2 N–H and O–H groups in total. The Balaban J connectivity index is 2.46. The average molecular weight is 328 g/mol. The van der Waals surface area contributed by atoms with E-state index >= 15 is 0 Å². The van der Waals surface area contributed by atoms with Gasteiger partial charge in [-0.2, -0.15) is 0 Å². The van der Waals surface area contributed by atoms with Crippen LogP contribution in [0.5, 0.6) is 5.75 Å². The molecule has 0 atom stereocenters. The number of nitrogen functional groups attached to an aromatic ring is 1. The van der Waals surface area contributed by atoms with Gasteiger partial charge < -0.3 is 15.0 Å². The van der Waals surface area contributed by atoms with Crippen LogP contribution in [0.3, 0.4) is 0 Å². The summed E-state index contributed by atoms with van der Waals surface area (Å²) in [6.45, 7) is 0. The van der Waals surface area contributed by atoms with Crippen molar-refractivity contribution in [3.8, 4) is 16.9 Å². The van der Waals surface area contributed by atoms with Gasteiger partial charge in [0.05, 0.1) is 10.7 Å². The predicted octanol–water partition coefficient (Wildman–Crippen LogP) is 2.89. The normalized spacial score (nSPS) is 10.4. The number of aryl methyl sites for hydroxylation is 1. The summed E-state index contributed by atoms with van der Waals surface area (Å²) in [6.07, 6.45) is 2.04. The number of halogens is 1. The van der Waals surface area contributed by atoms with Crippen LogP contribution in [0.1, 0.15) is 0 Å². The maximum Gasteiger partial charge on any atom is 0.118 e. The van der Waals surface area contributed by atoms with E-state index in [0.29, 0.717) is 0 Å². The largest absolute Gasteiger partial charge is 0.497 e. The zero-order valence-electron chi connectivity index (χ0n) is 9.20. The highest BCUT2D eigenvalue weighted by Gasteiger charge is 2.10. The van der Waals surface area contributed by atoms with Crippen molar-refractivity contribution in [2.45, 2.75) is 0 Å². The zero-order chi connectivity index (χ0) is 11.7. The van der Waals surface area contributed by atoms with Crippen molar-refractivity contribution in [1.29, 1.82) is 0 Å². The van der Waals surface area contributed by atoms with Crippen LogP contribution in [-0.4, -0.2) is 11.7 Å². The Morgan fingerprint density at radius 1 is 1.25 bits per heavy atom. The molecule has 0 spiro atoms. The van der Waals surface area contributed by atoms with E-state index in [2.05, 4.69) is 22.6 Å². The number of hydrogen-bond acceptors (Lipinski definition) is 2. The first-order valence-electron chi connectivity index (χ1n) is 4.88. The second kappa shape index (κ2) is 4.37. The fraction of sp³-hybridized carbons (Fsp3) is 0.167. The molecule has 3 nitrogen and oxygen atoms in total. The van der Waals surface area contributed by atoms with Crippen molar-refractivity contribution in [3.05, 3.63) is 34.0 Å². The monoisotopic (exact) mass is 328 g/mol. The van der Waals surface area contributed by atoms with Gasteiger partial charge >= 0.3 is 0 Å². The van der Waals surface area contributed by atoms with Gasteiger partial charge in [-0.25, -0.2) is 0 Å². The van der Waals surface area contributed by atoms with Crippen LogP contribution in [0.4, 0.5) is 5.82 Å². The summed E-state index contributed by atoms with van der Waals surface area (Å²) in [5, 5.41) is 0. The number of rotatable bonds is 2. The summed E-state index contributed by atoms with van der Waals surface area (Å²) in [4.78, 5) is 0. The minimum atomic E-state index is 0.798. The van der Waals surface area contributed by atoms with Gasteiger partial charge in [0.1, 0.15) is 11.6 Å². The van der Waals surface area contributed by atoms with E-state index < -0.39 is 0 Å². The fourth-order valence-electron chi connectivity index (χ4n) is 1.58. The smallest absolute Gasteiger partial charge is 0.118 e. The van der Waals surface area contributed by atoms with Gasteiger partial charge in [-0.05, 0) is 40.3 Å². The number of ether oxygens (including phenoxy) is 1. The lowest BCUT2D eigenvalue weighted by Gasteiger charge is -2.02. The molecule has 84 valence electrons. The van der Waals surface area contributed by atoms with Crippen LogP contribution in [0, 0.1) is 3.57 Å².